The molecule has 0 aromatic carbocycles. The van der Waals surface area contributed by atoms with Gasteiger partial charge in [0.25, 0.3) is 0 Å². The van der Waals surface area contributed by atoms with Crippen LogP contribution in [-0.2, 0) is 9.47 Å². The maximum absolute atomic E-state index is 5.51. The molecule has 1 unspecified atom stereocenters. The van der Waals surface area contributed by atoms with Crippen LogP contribution in [0.5, 0.6) is 0 Å². The predicted molar refractivity (Wildman–Crippen MR) is 71.3 cm³/mol. The summed E-state index contributed by atoms with van der Waals surface area (Å²) in [4.78, 5) is 4.55. The van der Waals surface area contributed by atoms with Crippen LogP contribution in [0.3, 0.4) is 0 Å². The zero-order chi connectivity index (χ0) is 12.7. The Balaban J connectivity index is 2.56. The molecule has 0 fully saturated rings. The van der Waals surface area contributed by atoms with Crippen LogP contribution in [0, 0.1) is 0 Å². The zero-order valence-electron chi connectivity index (χ0n) is 9.97. The summed E-state index contributed by atoms with van der Waals surface area (Å²) in [7, 11) is 3.28. The number of aromatic nitrogens is 1. The van der Waals surface area contributed by atoms with Gasteiger partial charge in [-0.1, -0.05) is 18.3 Å². The second kappa shape index (κ2) is 7.16. The molecule has 0 saturated heterocycles. The molecule has 1 aromatic heterocycles. The molecular weight excluding hydrogens is 238 g/mol. The molecule has 0 radical (unpaired) electrons. The largest absolute Gasteiger partial charge is 0.388 e. The number of rotatable bonds is 7. The summed E-state index contributed by atoms with van der Waals surface area (Å²) in [5, 5.41) is 3.14. The van der Waals surface area contributed by atoms with E-state index < -0.39 is 0 Å². The van der Waals surface area contributed by atoms with Gasteiger partial charge in [0.15, 0.2) is 0 Å². The minimum Gasteiger partial charge on any atom is -0.388 e. The minimum atomic E-state index is -0.0183. The second-order valence-corrected chi connectivity index (χ2v) is 3.91. The lowest BCUT2D eigenvalue weighted by Gasteiger charge is -2.15. The first-order chi connectivity index (χ1) is 8.17. The van der Waals surface area contributed by atoms with Crippen molar-refractivity contribution in [3.05, 3.63) is 23.9 Å². The summed E-state index contributed by atoms with van der Waals surface area (Å²) < 4.78 is 10.2. The van der Waals surface area contributed by atoms with E-state index in [9.17, 15) is 0 Å². The lowest BCUT2D eigenvalue weighted by Crippen LogP contribution is -2.27. The van der Waals surface area contributed by atoms with Crippen molar-refractivity contribution >= 4 is 23.0 Å². The van der Waals surface area contributed by atoms with Crippen molar-refractivity contribution in [3.63, 3.8) is 0 Å². The molecule has 17 heavy (non-hydrogen) atoms. The fourth-order valence-electron chi connectivity index (χ4n) is 1.28. The molecule has 0 spiro atoms. The van der Waals surface area contributed by atoms with Crippen molar-refractivity contribution in [1.82, 2.24) is 4.98 Å². The SMILES string of the molecule is COCC(CNc1cccc(C(N)=S)n1)OC. The Morgan fingerprint density at radius 2 is 2.29 bits per heavy atom. The second-order valence-electron chi connectivity index (χ2n) is 3.47. The molecule has 1 aromatic rings. The van der Waals surface area contributed by atoms with Crippen LogP contribution in [0.1, 0.15) is 5.69 Å². The van der Waals surface area contributed by atoms with E-state index in [1.165, 1.54) is 0 Å². The van der Waals surface area contributed by atoms with E-state index in [0.717, 1.165) is 0 Å². The normalized spacial score (nSPS) is 12.1. The summed E-state index contributed by atoms with van der Waals surface area (Å²) >= 11 is 4.86. The van der Waals surface area contributed by atoms with E-state index in [0.29, 0.717) is 24.7 Å². The van der Waals surface area contributed by atoms with Crippen molar-refractivity contribution in [1.29, 1.82) is 0 Å². The lowest BCUT2D eigenvalue weighted by atomic mass is 10.3. The van der Waals surface area contributed by atoms with Crippen molar-refractivity contribution < 1.29 is 9.47 Å². The van der Waals surface area contributed by atoms with E-state index in [1.54, 1.807) is 20.3 Å². The molecule has 6 heteroatoms. The van der Waals surface area contributed by atoms with Gasteiger partial charge >= 0.3 is 0 Å². The van der Waals surface area contributed by atoms with Crippen LogP contribution >= 0.6 is 12.2 Å². The number of methoxy groups -OCH3 is 2. The van der Waals surface area contributed by atoms with Gasteiger partial charge in [-0.3, -0.25) is 0 Å². The average molecular weight is 255 g/mol. The third-order valence-electron chi connectivity index (χ3n) is 2.20. The van der Waals surface area contributed by atoms with Gasteiger partial charge in [0, 0.05) is 20.8 Å². The molecule has 0 amide bonds. The molecule has 1 rings (SSSR count). The lowest BCUT2D eigenvalue weighted by molar-refractivity contribution is 0.0365. The van der Waals surface area contributed by atoms with Crippen LogP contribution in [0.15, 0.2) is 18.2 Å². The fourth-order valence-corrected chi connectivity index (χ4v) is 1.40. The van der Waals surface area contributed by atoms with E-state index in [4.69, 9.17) is 27.4 Å². The topological polar surface area (TPSA) is 69.4 Å². The summed E-state index contributed by atoms with van der Waals surface area (Å²) in [6.45, 7) is 1.14. The van der Waals surface area contributed by atoms with Gasteiger partial charge < -0.3 is 20.5 Å². The van der Waals surface area contributed by atoms with E-state index in [1.807, 2.05) is 12.1 Å². The van der Waals surface area contributed by atoms with Crippen LogP contribution in [0.4, 0.5) is 5.82 Å². The van der Waals surface area contributed by atoms with Crippen molar-refractivity contribution in [2.24, 2.45) is 5.73 Å². The van der Waals surface area contributed by atoms with Crippen molar-refractivity contribution in [2.45, 2.75) is 6.10 Å². The molecule has 0 aliphatic carbocycles. The van der Waals surface area contributed by atoms with Gasteiger partial charge in [-0.2, -0.15) is 0 Å². The molecule has 0 aliphatic rings. The Labute approximate surface area is 106 Å². The number of hydrogen-bond acceptors (Lipinski definition) is 5. The third kappa shape index (κ3) is 4.64. The van der Waals surface area contributed by atoms with Gasteiger partial charge in [0.2, 0.25) is 0 Å². The summed E-state index contributed by atoms with van der Waals surface area (Å²) in [5.41, 5.74) is 6.11. The maximum Gasteiger partial charge on any atom is 0.126 e. The summed E-state index contributed by atoms with van der Waals surface area (Å²) in [6.07, 6.45) is -0.0183. The molecule has 0 saturated carbocycles. The molecule has 94 valence electrons. The smallest absolute Gasteiger partial charge is 0.126 e. The number of nitrogens with one attached hydrogen (secondary N) is 1. The van der Waals surface area contributed by atoms with Gasteiger partial charge in [0.05, 0.1) is 18.4 Å². The summed E-state index contributed by atoms with van der Waals surface area (Å²) in [6, 6.07) is 5.47. The Bertz CT molecular complexity index is 373. The molecule has 1 heterocycles. The first-order valence-corrected chi connectivity index (χ1v) is 5.60. The number of nitrogens with zero attached hydrogens (tertiary/aromatic N) is 1. The molecular formula is C11H17N3O2S. The number of pyridine rings is 1. The van der Waals surface area contributed by atoms with E-state index >= 15 is 0 Å². The highest BCUT2D eigenvalue weighted by molar-refractivity contribution is 7.80. The monoisotopic (exact) mass is 255 g/mol. The van der Waals surface area contributed by atoms with Crippen LogP contribution in [-0.4, -0.2) is 43.4 Å². The highest BCUT2D eigenvalue weighted by atomic mass is 32.1. The van der Waals surface area contributed by atoms with Crippen LogP contribution < -0.4 is 11.1 Å². The van der Waals surface area contributed by atoms with Crippen molar-refractivity contribution in [2.75, 3.05) is 32.7 Å². The van der Waals surface area contributed by atoms with Crippen molar-refractivity contribution in [3.8, 4) is 0 Å². The van der Waals surface area contributed by atoms with Crippen LogP contribution in [0.25, 0.3) is 0 Å². The first-order valence-electron chi connectivity index (χ1n) is 5.19. The Kier molecular flexibility index (Phi) is 5.82. The van der Waals surface area contributed by atoms with Gasteiger partial charge in [0.1, 0.15) is 10.8 Å². The quantitative estimate of drug-likeness (QED) is 0.702. The fraction of sp³-hybridized carbons (Fsp3) is 0.455. The summed E-state index contributed by atoms with van der Waals surface area (Å²) in [5.74, 6) is 0.716. The highest BCUT2D eigenvalue weighted by Crippen LogP contribution is 2.05. The third-order valence-corrected chi connectivity index (χ3v) is 2.41. The molecule has 1 atom stereocenters. The Hall–Kier alpha value is -1.24. The number of nitrogens with two attached hydrogens (primary N) is 1. The van der Waals surface area contributed by atoms with E-state index in [2.05, 4.69) is 10.3 Å². The van der Waals surface area contributed by atoms with Crippen LogP contribution in [0.2, 0.25) is 0 Å². The van der Waals surface area contributed by atoms with E-state index in [-0.39, 0.29) is 11.1 Å². The molecule has 5 nitrogen and oxygen atoms in total. The molecule has 0 aliphatic heterocycles. The first kappa shape index (κ1) is 13.8. The predicted octanol–water partition coefficient (Wildman–Crippen LogP) is 0.789. The molecule has 0 bridgehead atoms. The van der Waals surface area contributed by atoms with Gasteiger partial charge in [-0.05, 0) is 12.1 Å². The molecule has 3 N–H and O–H groups in total. The number of anilines is 1. The van der Waals surface area contributed by atoms with Gasteiger partial charge in [-0.25, -0.2) is 4.98 Å². The number of thiocarbonyl (C=S) groups is 1. The Morgan fingerprint density at radius 3 is 2.88 bits per heavy atom. The standard InChI is InChI=1S/C11H17N3O2S/c1-15-7-8(16-2)6-13-10-5-3-4-9(14-10)11(12)17/h3-5,8H,6-7H2,1-2H3,(H2,12,17)(H,13,14). The minimum absolute atomic E-state index is 0.0183. The highest BCUT2D eigenvalue weighted by Gasteiger charge is 2.07. The average Bonchev–Trinajstić information content (AvgIpc) is 2.34. The number of ether oxygens (including phenoxy) is 2. The van der Waals surface area contributed by atoms with Gasteiger partial charge in [-0.15, -0.1) is 0 Å². The maximum atomic E-state index is 5.51. The Morgan fingerprint density at radius 1 is 1.53 bits per heavy atom. The number of hydrogen-bond donors (Lipinski definition) is 2. The zero-order valence-corrected chi connectivity index (χ0v) is 10.8.